The molecule has 18 heavy (non-hydrogen) atoms. The van der Waals surface area contributed by atoms with Crippen molar-refractivity contribution in [2.45, 2.75) is 0 Å². The molecule has 1 N–H and O–H groups in total. The van der Waals surface area contributed by atoms with Crippen molar-refractivity contribution < 1.29 is 12.8 Å². The maximum atomic E-state index is 11.5. The third-order valence-corrected chi connectivity index (χ3v) is 3.81. The van der Waals surface area contributed by atoms with Crippen molar-refractivity contribution in [3.8, 4) is 11.5 Å². The number of alkyl halides is 1. The van der Waals surface area contributed by atoms with Gasteiger partial charge in [-0.3, -0.25) is 4.72 Å². The van der Waals surface area contributed by atoms with Crippen LogP contribution in [-0.4, -0.2) is 30.2 Å². The summed E-state index contributed by atoms with van der Waals surface area (Å²) in [6.45, 7) is 0. The van der Waals surface area contributed by atoms with Crippen LogP contribution in [0.15, 0.2) is 35.1 Å². The van der Waals surface area contributed by atoms with E-state index in [4.69, 9.17) is 16.0 Å². The summed E-state index contributed by atoms with van der Waals surface area (Å²) in [5.41, 5.74) is 1.18. The average molecular weight is 288 g/mol. The Morgan fingerprint density at radius 2 is 2.00 bits per heavy atom. The van der Waals surface area contributed by atoms with Crippen molar-refractivity contribution >= 4 is 27.3 Å². The zero-order valence-corrected chi connectivity index (χ0v) is 10.8. The third-order valence-electron chi connectivity index (χ3n) is 2.11. The Kier molecular flexibility index (Phi) is 3.83. The second-order valence-electron chi connectivity index (χ2n) is 3.43. The molecule has 2 aromatic rings. The van der Waals surface area contributed by atoms with E-state index in [1.54, 1.807) is 24.3 Å². The van der Waals surface area contributed by atoms with Gasteiger partial charge in [-0.25, -0.2) is 8.42 Å². The number of nitrogens with one attached hydrogen (secondary N) is 1. The van der Waals surface area contributed by atoms with E-state index < -0.39 is 10.0 Å². The maximum absolute atomic E-state index is 11.5. The van der Waals surface area contributed by atoms with Gasteiger partial charge in [-0.1, -0.05) is 0 Å². The third kappa shape index (κ3) is 3.21. The molecule has 2 rings (SSSR count). The highest BCUT2D eigenvalue weighted by molar-refractivity contribution is 7.92. The lowest BCUT2D eigenvalue weighted by atomic mass is 10.2. The van der Waals surface area contributed by atoms with Gasteiger partial charge in [0.1, 0.15) is 0 Å². The maximum Gasteiger partial charge on any atom is 0.247 e. The van der Waals surface area contributed by atoms with Crippen molar-refractivity contribution in [1.82, 2.24) is 10.2 Å². The van der Waals surface area contributed by atoms with E-state index in [1.807, 2.05) is 0 Å². The van der Waals surface area contributed by atoms with Gasteiger partial charge in [-0.15, -0.1) is 21.8 Å². The fourth-order valence-electron chi connectivity index (χ4n) is 1.31. The summed E-state index contributed by atoms with van der Waals surface area (Å²) in [6.07, 6.45) is 1.23. The molecule has 0 fully saturated rings. The van der Waals surface area contributed by atoms with Gasteiger partial charge < -0.3 is 4.42 Å². The number of aromatic nitrogens is 2. The number of sulfonamides is 1. The van der Waals surface area contributed by atoms with E-state index in [9.17, 15) is 8.42 Å². The molecule has 0 aliphatic heterocycles. The van der Waals surface area contributed by atoms with Crippen LogP contribution in [0.5, 0.6) is 0 Å². The van der Waals surface area contributed by atoms with Crippen LogP contribution >= 0.6 is 11.6 Å². The Morgan fingerprint density at radius 1 is 1.28 bits per heavy atom. The van der Waals surface area contributed by atoms with Gasteiger partial charge in [0.2, 0.25) is 22.3 Å². The Morgan fingerprint density at radius 3 is 2.56 bits per heavy atom. The van der Waals surface area contributed by atoms with Crippen LogP contribution in [0, 0.1) is 0 Å². The number of anilines is 1. The van der Waals surface area contributed by atoms with Crippen LogP contribution in [-0.2, 0) is 10.0 Å². The molecule has 1 aromatic carbocycles. The van der Waals surface area contributed by atoms with Crippen molar-refractivity contribution in [2.75, 3.05) is 16.4 Å². The van der Waals surface area contributed by atoms with Crippen molar-refractivity contribution in [3.05, 3.63) is 30.7 Å². The second kappa shape index (κ2) is 5.36. The molecule has 0 saturated heterocycles. The molecular formula is C10H10ClN3O3S. The topological polar surface area (TPSA) is 85.1 Å². The molecule has 6 nitrogen and oxygen atoms in total. The Labute approximate surface area is 109 Å². The van der Waals surface area contributed by atoms with Crippen LogP contribution < -0.4 is 4.72 Å². The number of benzene rings is 1. The molecule has 1 heterocycles. The minimum atomic E-state index is -3.38. The van der Waals surface area contributed by atoms with E-state index in [2.05, 4.69) is 14.9 Å². The lowest BCUT2D eigenvalue weighted by Gasteiger charge is -2.06. The molecule has 0 saturated carbocycles. The first kappa shape index (κ1) is 12.8. The van der Waals surface area contributed by atoms with Crippen LogP contribution in [0.1, 0.15) is 0 Å². The van der Waals surface area contributed by atoms with Crippen molar-refractivity contribution in [2.24, 2.45) is 0 Å². The molecule has 0 aliphatic carbocycles. The predicted molar refractivity (Wildman–Crippen MR) is 67.9 cm³/mol. The summed E-state index contributed by atoms with van der Waals surface area (Å²) in [7, 11) is -3.38. The molecule has 0 radical (unpaired) electrons. The van der Waals surface area contributed by atoms with Crippen molar-refractivity contribution in [3.63, 3.8) is 0 Å². The largest absolute Gasteiger partial charge is 0.423 e. The summed E-state index contributed by atoms with van der Waals surface area (Å²) in [4.78, 5) is 0. The fraction of sp³-hybridized carbons (Fsp3) is 0.200. The highest BCUT2D eigenvalue weighted by Gasteiger charge is 2.09. The summed E-state index contributed by atoms with van der Waals surface area (Å²) >= 11 is 5.40. The summed E-state index contributed by atoms with van der Waals surface area (Å²) < 4.78 is 30.4. The zero-order chi connectivity index (χ0) is 13.0. The quantitative estimate of drug-likeness (QED) is 0.846. The minimum absolute atomic E-state index is 0.0510. The zero-order valence-electron chi connectivity index (χ0n) is 9.21. The summed E-state index contributed by atoms with van der Waals surface area (Å²) in [5.74, 6) is 0.306. The summed E-state index contributed by atoms with van der Waals surface area (Å²) in [6, 6.07) is 6.61. The van der Waals surface area contributed by atoms with E-state index in [-0.39, 0.29) is 11.6 Å². The lowest BCUT2D eigenvalue weighted by Crippen LogP contribution is -2.17. The SMILES string of the molecule is O=S(=O)(CCCl)Nc1ccc(-c2nnco2)cc1. The van der Waals surface area contributed by atoms with Gasteiger partial charge in [0.05, 0.1) is 5.75 Å². The van der Waals surface area contributed by atoms with Gasteiger partial charge in [0, 0.05) is 17.1 Å². The molecule has 8 heteroatoms. The predicted octanol–water partition coefficient (Wildman–Crippen LogP) is 1.72. The molecule has 1 aromatic heterocycles. The van der Waals surface area contributed by atoms with Gasteiger partial charge in [-0.2, -0.15) is 0 Å². The van der Waals surface area contributed by atoms with Crippen LogP contribution in [0.25, 0.3) is 11.5 Å². The number of hydrogen-bond donors (Lipinski definition) is 1. The van der Waals surface area contributed by atoms with Crippen LogP contribution in [0.2, 0.25) is 0 Å². The first-order valence-electron chi connectivity index (χ1n) is 5.04. The fourth-order valence-corrected chi connectivity index (χ4v) is 2.72. The first-order valence-corrected chi connectivity index (χ1v) is 7.22. The van der Waals surface area contributed by atoms with E-state index in [1.165, 1.54) is 6.39 Å². The second-order valence-corrected chi connectivity index (χ2v) is 5.65. The highest BCUT2D eigenvalue weighted by Crippen LogP contribution is 2.19. The number of halogens is 1. The first-order chi connectivity index (χ1) is 8.61. The monoisotopic (exact) mass is 287 g/mol. The van der Waals surface area contributed by atoms with E-state index >= 15 is 0 Å². The van der Waals surface area contributed by atoms with Crippen LogP contribution in [0.3, 0.4) is 0 Å². The molecule has 0 bridgehead atoms. The Bertz CT molecular complexity index is 596. The molecular weight excluding hydrogens is 278 g/mol. The molecule has 96 valence electrons. The lowest BCUT2D eigenvalue weighted by molar-refractivity contribution is 0.568. The Hall–Kier alpha value is -1.60. The average Bonchev–Trinajstić information content (AvgIpc) is 2.82. The van der Waals surface area contributed by atoms with Gasteiger partial charge >= 0.3 is 0 Å². The molecule has 0 spiro atoms. The molecule has 0 amide bonds. The van der Waals surface area contributed by atoms with Gasteiger partial charge in [0.25, 0.3) is 0 Å². The van der Waals surface area contributed by atoms with Crippen molar-refractivity contribution in [1.29, 1.82) is 0 Å². The van der Waals surface area contributed by atoms with Gasteiger partial charge in [0.15, 0.2) is 0 Å². The van der Waals surface area contributed by atoms with E-state index in [0.717, 1.165) is 0 Å². The highest BCUT2D eigenvalue weighted by atomic mass is 35.5. The standard InChI is InChI=1S/C10H10ClN3O3S/c11-5-6-18(15,16)14-9-3-1-8(2-4-9)10-13-12-7-17-10/h1-4,7,14H,5-6H2. The molecule has 0 aliphatic rings. The number of hydrogen-bond acceptors (Lipinski definition) is 5. The minimum Gasteiger partial charge on any atom is -0.423 e. The normalized spacial score (nSPS) is 11.4. The number of nitrogens with zero attached hydrogens (tertiary/aromatic N) is 2. The molecule has 0 unspecified atom stereocenters. The Balaban J connectivity index is 2.14. The number of rotatable bonds is 5. The molecule has 0 atom stereocenters. The van der Waals surface area contributed by atoms with Crippen LogP contribution in [0.4, 0.5) is 5.69 Å². The smallest absolute Gasteiger partial charge is 0.247 e. The van der Waals surface area contributed by atoms with E-state index in [0.29, 0.717) is 17.1 Å². The van der Waals surface area contributed by atoms with Gasteiger partial charge in [-0.05, 0) is 24.3 Å². The summed E-state index contributed by atoms with van der Waals surface area (Å²) in [5, 5.41) is 7.31.